The van der Waals surface area contributed by atoms with Gasteiger partial charge in [0, 0.05) is 17.8 Å². The van der Waals surface area contributed by atoms with Crippen LogP contribution in [0.1, 0.15) is 44.2 Å². The molecule has 1 aliphatic rings. The number of benzene rings is 1. The minimum Gasteiger partial charge on any atom is -0.337 e. The van der Waals surface area contributed by atoms with Crippen molar-refractivity contribution in [2.75, 3.05) is 5.75 Å². The standard InChI is InChI=1S/C17H25NOS/c1-13-7-4-5-10-16(13)11-20-12-17(19)18-14(2)8-6-9-15(18)3/h4-5,7,10,14-15H,6,8-9,11-12H2,1-3H3. The van der Waals surface area contributed by atoms with Crippen molar-refractivity contribution in [3.63, 3.8) is 0 Å². The fraction of sp³-hybridized carbons (Fsp3) is 0.588. The Bertz CT molecular complexity index is 450. The lowest BCUT2D eigenvalue weighted by Gasteiger charge is -2.39. The first kappa shape index (κ1) is 15.4. The number of carbonyl (C=O) groups is 1. The van der Waals surface area contributed by atoms with E-state index in [0.29, 0.717) is 23.7 Å². The van der Waals surface area contributed by atoms with E-state index in [9.17, 15) is 4.79 Å². The number of nitrogens with zero attached hydrogens (tertiary/aromatic N) is 1. The zero-order chi connectivity index (χ0) is 14.5. The highest BCUT2D eigenvalue weighted by Crippen LogP contribution is 2.24. The monoisotopic (exact) mass is 291 g/mol. The Morgan fingerprint density at radius 1 is 1.25 bits per heavy atom. The Balaban J connectivity index is 1.84. The number of thioether (sulfide) groups is 1. The minimum absolute atomic E-state index is 0.309. The van der Waals surface area contributed by atoms with Crippen LogP contribution in [0.15, 0.2) is 24.3 Å². The summed E-state index contributed by atoms with van der Waals surface area (Å²) in [5, 5.41) is 0. The van der Waals surface area contributed by atoms with Crippen molar-refractivity contribution in [1.29, 1.82) is 0 Å². The van der Waals surface area contributed by atoms with Crippen LogP contribution in [0.4, 0.5) is 0 Å². The van der Waals surface area contributed by atoms with E-state index in [4.69, 9.17) is 0 Å². The van der Waals surface area contributed by atoms with E-state index in [1.54, 1.807) is 11.8 Å². The summed E-state index contributed by atoms with van der Waals surface area (Å²) in [4.78, 5) is 14.5. The van der Waals surface area contributed by atoms with Gasteiger partial charge in [0.25, 0.3) is 0 Å². The van der Waals surface area contributed by atoms with Gasteiger partial charge in [-0.15, -0.1) is 11.8 Å². The van der Waals surface area contributed by atoms with Crippen LogP contribution in [-0.4, -0.2) is 28.6 Å². The van der Waals surface area contributed by atoms with Crippen molar-refractivity contribution in [2.45, 2.75) is 57.9 Å². The number of rotatable bonds is 4. The van der Waals surface area contributed by atoms with E-state index < -0.39 is 0 Å². The average molecular weight is 291 g/mol. The van der Waals surface area contributed by atoms with Gasteiger partial charge in [-0.05, 0) is 51.2 Å². The molecule has 0 aliphatic carbocycles. The first-order valence-electron chi connectivity index (χ1n) is 7.53. The number of hydrogen-bond acceptors (Lipinski definition) is 2. The maximum atomic E-state index is 12.4. The molecule has 1 aliphatic heterocycles. The molecule has 0 radical (unpaired) electrons. The van der Waals surface area contributed by atoms with Crippen LogP contribution in [0.2, 0.25) is 0 Å². The lowest BCUT2D eigenvalue weighted by molar-refractivity contribution is -0.134. The summed E-state index contributed by atoms with van der Waals surface area (Å²) in [6.07, 6.45) is 3.56. The van der Waals surface area contributed by atoms with Gasteiger partial charge in [-0.3, -0.25) is 4.79 Å². The molecular formula is C17H25NOS. The van der Waals surface area contributed by atoms with Gasteiger partial charge in [0.05, 0.1) is 5.75 Å². The van der Waals surface area contributed by atoms with Gasteiger partial charge in [0.15, 0.2) is 0 Å². The molecule has 0 bridgehead atoms. The number of aryl methyl sites for hydroxylation is 1. The molecular weight excluding hydrogens is 266 g/mol. The molecule has 1 fully saturated rings. The van der Waals surface area contributed by atoms with Gasteiger partial charge < -0.3 is 4.90 Å². The van der Waals surface area contributed by atoms with Crippen molar-refractivity contribution in [3.05, 3.63) is 35.4 Å². The van der Waals surface area contributed by atoms with E-state index in [2.05, 4.69) is 49.9 Å². The highest BCUT2D eigenvalue weighted by Gasteiger charge is 2.28. The summed E-state index contributed by atoms with van der Waals surface area (Å²) >= 11 is 1.74. The molecule has 2 atom stereocenters. The van der Waals surface area contributed by atoms with Crippen molar-refractivity contribution in [3.8, 4) is 0 Å². The molecule has 1 heterocycles. The fourth-order valence-electron chi connectivity index (χ4n) is 3.01. The Morgan fingerprint density at radius 3 is 2.55 bits per heavy atom. The van der Waals surface area contributed by atoms with Gasteiger partial charge in [0.1, 0.15) is 0 Å². The number of amides is 1. The molecule has 3 heteroatoms. The Kier molecular flexibility index (Phi) is 5.53. The van der Waals surface area contributed by atoms with Crippen molar-refractivity contribution < 1.29 is 4.79 Å². The number of piperidine rings is 1. The molecule has 2 nitrogen and oxygen atoms in total. The maximum absolute atomic E-state index is 12.4. The van der Waals surface area contributed by atoms with Crippen molar-refractivity contribution >= 4 is 17.7 Å². The summed E-state index contributed by atoms with van der Waals surface area (Å²) in [6, 6.07) is 9.23. The van der Waals surface area contributed by atoms with Crippen LogP contribution in [0.5, 0.6) is 0 Å². The van der Waals surface area contributed by atoms with Crippen LogP contribution < -0.4 is 0 Å². The third kappa shape index (κ3) is 3.78. The molecule has 2 rings (SSSR count). The molecule has 110 valence electrons. The largest absolute Gasteiger partial charge is 0.337 e. The molecule has 1 saturated heterocycles. The second kappa shape index (κ2) is 7.16. The van der Waals surface area contributed by atoms with Crippen LogP contribution >= 0.6 is 11.8 Å². The van der Waals surface area contributed by atoms with E-state index in [-0.39, 0.29) is 0 Å². The quantitative estimate of drug-likeness (QED) is 0.835. The fourth-order valence-corrected chi connectivity index (χ4v) is 3.98. The molecule has 0 saturated carbocycles. The predicted octanol–water partition coefficient (Wildman–Crippen LogP) is 4.02. The van der Waals surface area contributed by atoms with Crippen molar-refractivity contribution in [2.24, 2.45) is 0 Å². The predicted molar refractivity (Wildman–Crippen MR) is 87.0 cm³/mol. The highest BCUT2D eigenvalue weighted by atomic mass is 32.2. The Morgan fingerprint density at radius 2 is 1.90 bits per heavy atom. The molecule has 0 N–H and O–H groups in total. The van der Waals surface area contributed by atoms with Crippen molar-refractivity contribution in [1.82, 2.24) is 4.90 Å². The SMILES string of the molecule is Cc1ccccc1CSCC(=O)N1C(C)CCCC1C. The summed E-state index contributed by atoms with van der Waals surface area (Å²) in [7, 11) is 0. The van der Waals surface area contributed by atoms with E-state index in [1.807, 2.05) is 0 Å². The molecule has 1 aromatic rings. The van der Waals surface area contributed by atoms with Crippen LogP contribution in [0, 0.1) is 6.92 Å². The Hall–Kier alpha value is -0.960. The summed E-state index contributed by atoms with van der Waals surface area (Å²) in [6.45, 7) is 6.49. The maximum Gasteiger partial charge on any atom is 0.233 e. The van der Waals surface area contributed by atoms with Crippen LogP contribution in [0.25, 0.3) is 0 Å². The second-order valence-corrected chi connectivity index (χ2v) is 6.83. The van der Waals surface area contributed by atoms with Gasteiger partial charge >= 0.3 is 0 Å². The number of carbonyl (C=O) groups excluding carboxylic acids is 1. The minimum atomic E-state index is 0.309. The molecule has 2 unspecified atom stereocenters. The number of hydrogen-bond donors (Lipinski definition) is 0. The lowest BCUT2D eigenvalue weighted by Crippen LogP contribution is -2.48. The third-order valence-electron chi connectivity index (χ3n) is 4.23. The first-order valence-corrected chi connectivity index (χ1v) is 8.68. The summed E-state index contributed by atoms with van der Waals surface area (Å²) < 4.78 is 0. The molecule has 1 amide bonds. The van der Waals surface area contributed by atoms with Gasteiger partial charge in [-0.2, -0.15) is 0 Å². The Labute approximate surface area is 126 Å². The van der Waals surface area contributed by atoms with E-state index in [1.165, 1.54) is 17.5 Å². The van der Waals surface area contributed by atoms with E-state index >= 15 is 0 Å². The summed E-state index contributed by atoms with van der Waals surface area (Å²) in [5.41, 5.74) is 2.65. The van der Waals surface area contributed by atoms with E-state index in [0.717, 1.165) is 18.6 Å². The lowest BCUT2D eigenvalue weighted by atomic mass is 9.98. The highest BCUT2D eigenvalue weighted by molar-refractivity contribution is 7.99. The molecule has 0 aromatic heterocycles. The topological polar surface area (TPSA) is 20.3 Å². The normalized spacial score (nSPS) is 22.9. The number of likely N-dealkylation sites (tertiary alicyclic amines) is 1. The molecule has 1 aromatic carbocycles. The van der Waals surface area contributed by atoms with Gasteiger partial charge in [-0.1, -0.05) is 24.3 Å². The zero-order valence-electron chi connectivity index (χ0n) is 12.8. The van der Waals surface area contributed by atoms with Crippen LogP contribution in [0.3, 0.4) is 0 Å². The summed E-state index contributed by atoms with van der Waals surface area (Å²) in [5.74, 6) is 1.83. The molecule has 20 heavy (non-hydrogen) atoms. The smallest absolute Gasteiger partial charge is 0.233 e. The average Bonchev–Trinajstić information content (AvgIpc) is 2.41. The van der Waals surface area contributed by atoms with Gasteiger partial charge in [0.2, 0.25) is 5.91 Å². The zero-order valence-corrected chi connectivity index (χ0v) is 13.6. The van der Waals surface area contributed by atoms with Gasteiger partial charge in [-0.25, -0.2) is 0 Å². The molecule has 0 spiro atoms. The van der Waals surface area contributed by atoms with Crippen LogP contribution in [-0.2, 0) is 10.5 Å². The third-order valence-corrected chi connectivity index (χ3v) is 5.19. The second-order valence-electron chi connectivity index (χ2n) is 5.85. The first-order chi connectivity index (χ1) is 9.59.